The molecule has 2 nitrogen and oxygen atoms in total. The van der Waals surface area contributed by atoms with Crippen LogP contribution >= 0.6 is 0 Å². The van der Waals surface area contributed by atoms with Gasteiger partial charge in [-0.2, -0.15) is 0 Å². The molecule has 0 saturated carbocycles. The first-order valence-corrected chi connectivity index (χ1v) is 12.9. The molecule has 0 unspecified atom stereocenters. The molecule has 8 aromatic rings. The van der Waals surface area contributed by atoms with Crippen molar-refractivity contribution in [3.8, 4) is 22.3 Å². The van der Waals surface area contributed by atoms with Gasteiger partial charge in [0.15, 0.2) is 0 Å². The second kappa shape index (κ2) is 8.22. The van der Waals surface area contributed by atoms with Crippen LogP contribution in [0.15, 0.2) is 134 Å². The van der Waals surface area contributed by atoms with Crippen molar-refractivity contribution in [3.63, 3.8) is 0 Å². The molecule has 2 heterocycles. The van der Waals surface area contributed by atoms with Gasteiger partial charge in [0.1, 0.15) is 0 Å². The van der Waals surface area contributed by atoms with Crippen LogP contribution in [0.2, 0.25) is 0 Å². The van der Waals surface area contributed by atoms with E-state index in [1.165, 1.54) is 43.4 Å². The molecule has 2 heteroatoms. The predicted octanol–water partition coefficient (Wildman–Crippen LogP) is 9.58. The molecule has 0 atom stereocenters. The average Bonchev–Trinajstić information content (AvgIpc) is 3.00. The number of hydrogen-bond acceptors (Lipinski definition) is 2. The third kappa shape index (κ3) is 3.21. The average molecular weight is 483 g/mol. The highest BCUT2D eigenvalue weighted by molar-refractivity contribution is 6.25. The number of rotatable bonds is 2. The zero-order chi connectivity index (χ0) is 25.1. The summed E-state index contributed by atoms with van der Waals surface area (Å²) in [4.78, 5) is 9.40. The lowest BCUT2D eigenvalue weighted by Crippen LogP contribution is -1.88. The normalized spacial score (nSPS) is 11.7. The van der Waals surface area contributed by atoms with Gasteiger partial charge in [0.25, 0.3) is 0 Å². The number of nitrogens with zero attached hydrogens (tertiary/aromatic N) is 2. The largest absolute Gasteiger partial charge is 0.254 e. The van der Waals surface area contributed by atoms with Gasteiger partial charge in [-0.25, -0.2) is 0 Å². The zero-order valence-electron chi connectivity index (χ0n) is 20.6. The van der Waals surface area contributed by atoms with E-state index in [2.05, 4.69) is 120 Å². The van der Waals surface area contributed by atoms with Gasteiger partial charge in [-0.05, 0) is 73.3 Å². The Morgan fingerprint density at radius 2 is 0.947 bits per heavy atom. The summed E-state index contributed by atoms with van der Waals surface area (Å²) in [5.41, 5.74) is 6.55. The second-order valence-electron chi connectivity index (χ2n) is 9.87. The maximum absolute atomic E-state index is 4.83. The van der Waals surface area contributed by atoms with E-state index in [9.17, 15) is 0 Å². The van der Waals surface area contributed by atoms with Crippen molar-refractivity contribution in [2.24, 2.45) is 0 Å². The molecule has 38 heavy (non-hydrogen) atoms. The van der Waals surface area contributed by atoms with Crippen LogP contribution < -0.4 is 0 Å². The van der Waals surface area contributed by atoms with Crippen LogP contribution in [0, 0.1) is 0 Å². The fraction of sp³-hybridized carbons (Fsp3) is 0. The summed E-state index contributed by atoms with van der Waals surface area (Å²) in [6.07, 6.45) is 3.80. The summed E-state index contributed by atoms with van der Waals surface area (Å²) in [6, 6.07) is 43.6. The lowest BCUT2D eigenvalue weighted by molar-refractivity contribution is 1.37. The summed E-state index contributed by atoms with van der Waals surface area (Å²) in [5, 5.41) is 9.97. The maximum atomic E-state index is 4.83. The van der Waals surface area contributed by atoms with Gasteiger partial charge in [-0.3, -0.25) is 9.97 Å². The van der Waals surface area contributed by atoms with Gasteiger partial charge in [0, 0.05) is 28.7 Å². The molecule has 0 aliphatic rings. The molecule has 0 aliphatic carbocycles. The standard InChI is InChI=1S/C36H22N2/c1-2-12-31-29(10-1)30-11-3-4-13-32(30)34-21-26(16-17-33(31)34)24-7-5-8-25(19-24)28-20-27-15-14-23-9-6-18-37-35(23)36(27)38-22-28/h1-22H. The minimum atomic E-state index is 0.941. The minimum absolute atomic E-state index is 0.941. The third-order valence-electron chi connectivity index (χ3n) is 7.70. The van der Waals surface area contributed by atoms with E-state index in [-0.39, 0.29) is 0 Å². The van der Waals surface area contributed by atoms with Crippen LogP contribution in [-0.2, 0) is 0 Å². The summed E-state index contributed by atoms with van der Waals surface area (Å²) in [5.74, 6) is 0. The fourth-order valence-corrected chi connectivity index (χ4v) is 5.86. The Balaban J connectivity index is 1.29. The lowest BCUT2D eigenvalue weighted by atomic mass is 9.91. The molecule has 0 radical (unpaired) electrons. The Hall–Kier alpha value is -5.08. The summed E-state index contributed by atoms with van der Waals surface area (Å²) in [7, 11) is 0. The molecule has 0 amide bonds. The Bertz CT molecular complexity index is 2160. The number of benzene rings is 6. The molecule has 0 saturated heterocycles. The fourth-order valence-electron chi connectivity index (χ4n) is 5.86. The Morgan fingerprint density at radius 3 is 1.71 bits per heavy atom. The SMILES string of the molecule is c1cc(-c2cnc3c(ccc4cccnc43)c2)cc(-c2ccc3c4ccccc4c4ccccc4c3c2)c1. The molecular formula is C36H22N2. The highest BCUT2D eigenvalue weighted by Gasteiger charge is 2.11. The second-order valence-corrected chi connectivity index (χ2v) is 9.87. The van der Waals surface area contributed by atoms with Crippen LogP contribution in [0.25, 0.3) is 76.4 Å². The molecular weight excluding hydrogens is 460 g/mol. The molecule has 0 bridgehead atoms. The van der Waals surface area contributed by atoms with Gasteiger partial charge < -0.3 is 0 Å². The van der Waals surface area contributed by atoms with Gasteiger partial charge in [-0.1, -0.05) is 97.1 Å². The predicted molar refractivity (Wildman–Crippen MR) is 160 cm³/mol. The first-order chi connectivity index (χ1) is 18.8. The number of aromatic nitrogens is 2. The Kier molecular flexibility index (Phi) is 4.55. The molecule has 176 valence electrons. The van der Waals surface area contributed by atoms with Crippen LogP contribution in [0.5, 0.6) is 0 Å². The van der Waals surface area contributed by atoms with Gasteiger partial charge in [0.2, 0.25) is 0 Å². The number of pyridine rings is 2. The van der Waals surface area contributed by atoms with Gasteiger partial charge in [0.05, 0.1) is 11.0 Å². The number of fused-ring (bicyclic) bond motifs is 9. The van der Waals surface area contributed by atoms with E-state index in [0.29, 0.717) is 0 Å². The van der Waals surface area contributed by atoms with E-state index in [4.69, 9.17) is 4.98 Å². The first-order valence-electron chi connectivity index (χ1n) is 12.9. The molecule has 0 aliphatic heterocycles. The van der Waals surface area contributed by atoms with Crippen molar-refractivity contribution >= 4 is 54.1 Å². The van der Waals surface area contributed by atoms with Crippen LogP contribution in [0.1, 0.15) is 0 Å². The van der Waals surface area contributed by atoms with Crippen molar-refractivity contribution in [1.82, 2.24) is 9.97 Å². The quantitative estimate of drug-likeness (QED) is 0.229. The van der Waals surface area contributed by atoms with Crippen molar-refractivity contribution in [2.75, 3.05) is 0 Å². The summed E-state index contributed by atoms with van der Waals surface area (Å²) >= 11 is 0. The van der Waals surface area contributed by atoms with Crippen molar-refractivity contribution in [1.29, 1.82) is 0 Å². The molecule has 0 fully saturated rings. The highest BCUT2D eigenvalue weighted by atomic mass is 14.7. The Morgan fingerprint density at radius 1 is 0.342 bits per heavy atom. The third-order valence-corrected chi connectivity index (χ3v) is 7.70. The highest BCUT2D eigenvalue weighted by Crippen LogP contribution is 2.37. The van der Waals surface area contributed by atoms with Crippen molar-refractivity contribution < 1.29 is 0 Å². The van der Waals surface area contributed by atoms with Crippen LogP contribution in [0.3, 0.4) is 0 Å². The molecule has 6 aromatic carbocycles. The van der Waals surface area contributed by atoms with Crippen LogP contribution in [-0.4, -0.2) is 9.97 Å². The molecule has 2 aromatic heterocycles. The van der Waals surface area contributed by atoms with E-state index in [0.717, 1.165) is 32.9 Å². The first kappa shape index (κ1) is 21.0. The minimum Gasteiger partial charge on any atom is -0.254 e. The van der Waals surface area contributed by atoms with E-state index in [1.54, 1.807) is 0 Å². The van der Waals surface area contributed by atoms with Crippen molar-refractivity contribution in [2.45, 2.75) is 0 Å². The van der Waals surface area contributed by atoms with Gasteiger partial charge in [-0.15, -0.1) is 0 Å². The zero-order valence-corrected chi connectivity index (χ0v) is 20.6. The van der Waals surface area contributed by atoms with Crippen LogP contribution in [0.4, 0.5) is 0 Å². The smallest absolute Gasteiger partial charge is 0.0964 e. The Labute approximate surface area is 219 Å². The van der Waals surface area contributed by atoms with E-state index < -0.39 is 0 Å². The topological polar surface area (TPSA) is 25.8 Å². The molecule has 0 N–H and O–H groups in total. The maximum Gasteiger partial charge on any atom is 0.0964 e. The van der Waals surface area contributed by atoms with E-state index in [1.807, 2.05) is 18.5 Å². The van der Waals surface area contributed by atoms with Gasteiger partial charge >= 0.3 is 0 Å². The number of hydrogen-bond donors (Lipinski definition) is 0. The summed E-state index contributed by atoms with van der Waals surface area (Å²) < 4.78 is 0. The molecule has 8 rings (SSSR count). The van der Waals surface area contributed by atoms with E-state index >= 15 is 0 Å². The molecule has 0 spiro atoms. The lowest BCUT2D eigenvalue weighted by Gasteiger charge is -2.12. The monoisotopic (exact) mass is 482 g/mol. The summed E-state index contributed by atoms with van der Waals surface area (Å²) in [6.45, 7) is 0. The van der Waals surface area contributed by atoms with Crippen molar-refractivity contribution in [3.05, 3.63) is 134 Å².